The lowest BCUT2D eigenvalue weighted by molar-refractivity contribution is 0.0526. The molecule has 0 aliphatic carbocycles. The Morgan fingerprint density at radius 1 is 1.36 bits per heavy atom. The highest BCUT2D eigenvalue weighted by Crippen LogP contribution is 2.28. The number of nitriles is 1. The molecule has 25 heavy (non-hydrogen) atoms. The van der Waals surface area contributed by atoms with Gasteiger partial charge in [0.25, 0.3) is 5.56 Å². The van der Waals surface area contributed by atoms with E-state index in [-0.39, 0.29) is 30.1 Å². The maximum Gasteiger partial charge on any atom is 0.341 e. The van der Waals surface area contributed by atoms with E-state index in [0.717, 1.165) is 0 Å². The Kier molecular flexibility index (Phi) is 4.52. The second-order valence-electron chi connectivity index (χ2n) is 5.60. The number of halogens is 1. The van der Waals surface area contributed by atoms with E-state index in [1.54, 1.807) is 30.0 Å². The molecule has 0 N–H and O–H groups in total. The second kappa shape index (κ2) is 6.77. The fourth-order valence-electron chi connectivity index (χ4n) is 2.96. The SMILES string of the molecule is CCOC(=O)c1cc(C#N)c(=O)n2c1N(Cc1ccccc1F)CC2. The fraction of sp³-hybridized carbons (Fsp3) is 0.278. The van der Waals surface area contributed by atoms with Crippen LogP contribution in [0.3, 0.4) is 0 Å². The Morgan fingerprint density at radius 2 is 2.12 bits per heavy atom. The molecule has 0 unspecified atom stereocenters. The Morgan fingerprint density at radius 3 is 2.80 bits per heavy atom. The molecule has 6 nitrogen and oxygen atoms in total. The van der Waals surface area contributed by atoms with Crippen molar-refractivity contribution in [3.8, 4) is 6.07 Å². The zero-order chi connectivity index (χ0) is 18.0. The van der Waals surface area contributed by atoms with Crippen LogP contribution >= 0.6 is 0 Å². The molecule has 0 saturated carbocycles. The number of hydrogen-bond acceptors (Lipinski definition) is 5. The minimum Gasteiger partial charge on any atom is -0.462 e. The number of hydrogen-bond donors (Lipinski definition) is 0. The van der Waals surface area contributed by atoms with Gasteiger partial charge in [0, 0.05) is 25.2 Å². The smallest absolute Gasteiger partial charge is 0.341 e. The van der Waals surface area contributed by atoms with Gasteiger partial charge in [-0.25, -0.2) is 9.18 Å². The molecule has 0 fully saturated rings. The molecule has 1 aromatic carbocycles. The highest BCUT2D eigenvalue weighted by Gasteiger charge is 2.29. The number of rotatable bonds is 4. The normalized spacial score (nSPS) is 12.6. The lowest BCUT2D eigenvalue weighted by Gasteiger charge is -2.21. The van der Waals surface area contributed by atoms with Crippen molar-refractivity contribution >= 4 is 11.8 Å². The maximum absolute atomic E-state index is 14.0. The third-order valence-electron chi connectivity index (χ3n) is 4.09. The molecule has 1 aliphatic heterocycles. The Balaban J connectivity index is 2.09. The van der Waals surface area contributed by atoms with Crippen LogP contribution < -0.4 is 10.5 Å². The lowest BCUT2D eigenvalue weighted by Crippen LogP contribution is -2.26. The first-order valence-electron chi connectivity index (χ1n) is 7.90. The third-order valence-corrected chi connectivity index (χ3v) is 4.09. The average molecular weight is 341 g/mol. The van der Waals surface area contributed by atoms with Gasteiger partial charge in [-0.1, -0.05) is 18.2 Å². The molecule has 3 rings (SSSR count). The van der Waals surface area contributed by atoms with Crippen LogP contribution in [0, 0.1) is 17.1 Å². The Hall–Kier alpha value is -3.14. The van der Waals surface area contributed by atoms with Gasteiger partial charge in [0.1, 0.15) is 28.8 Å². The highest BCUT2D eigenvalue weighted by atomic mass is 19.1. The number of anilines is 1. The molecule has 7 heteroatoms. The zero-order valence-corrected chi connectivity index (χ0v) is 13.7. The number of nitrogens with zero attached hydrogens (tertiary/aromatic N) is 3. The topological polar surface area (TPSA) is 75.3 Å². The van der Waals surface area contributed by atoms with Crippen LogP contribution in [0.25, 0.3) is 0 Å². The van der Waals surface area contributed by atoms with Gasteiger partial charge < -0.3 is 9.64 Å². The molecular weight excluding hydrogens is 325 g/mol. The number of benzene rings is 1. The van der Waals surface area contributed by atoms with Gasteiger partial charge in [0.2, 0.25) is 0 Å². The molecule has 0 saturated heterocycles. The van der Waals surface area contributed by atoms with Crippen LogP contribution in [0.15, 0.2) is 35.1 Å². The number of carbonyl (C=O) groups is 1. The van der Waals surface area contributed by atoms with Gasteiger partial charge in [0.15, 0.2) is 0 Å². The molecule has 0 atom stereocenters. The van der Waals surface area contributed by atoms with Gasteiger partial charge in [-0.3, -0.25) is 9.36 Å². The predicted molar refractivity (Wildman–Crippen MR) is 88.8 cm³/mol. The summed E-state index contributed by atoms with van der Waals surface area (Å²) in [5, 5.41) is 9.14. The van der Waals surface area contributed by atoms with Gasteiger partial charge >= 0.3 is 5.97 Å². The number of fused-ring (bicyclic) bond motifs is 1. The fourth-order valence-corrected chi connectivity index (χ4v) is 2.96. The number of esters is 1. The predicted octanol–water partition coefficient (Wildman–Crippen LogP) is 2.06. The van der Waals surface area contributed by atoms with Crippen molar-refractivity contribution in [2.45, 2.75) is 20.0 Å². The monoisotopic (exact) mass is 341 g/mol. The van der Waals surface area contributed by atoms with Crippen LogP contribution in [0.2, 0.25) is 0 Å². The van der Waals surface area contributed by atoms with E-state index >= 15 is 0 Å². The summed E-state index contributed by atoms with van der Waals surface area (Å²) >= 11 is 0. The molecule has 0 spiro atoms. The molecule has 1 aliphatic rings. The van der Waals surface area contributed by atoms with E-state index in [9.17, 15) is 14.0 Å². The lowest BCUT2D eigenvalue weighted by atomic mass is 10.1. The highest BCUT2D eigenvalue weighted by molar-refractivity contribution is 5.95. The van der Waals surface area contributed by atoms with Crippen molar-refractivity contribution in [1.82, 2.24) is 4.57 Å². The standard InChI is InChI=1S/C18H16FN3O3/c1-2-25-18(24)14-9-13(10-20)17(23)22-8-7-21(16(14)22)11-12-5-3-4-6-15(12)19/h3-6,9H,2,7-8,11H2,1H3. The molecule has 0 bridgehead atoms. The molecule has 1 aromatic heterocycles. The van der Waals surface area contributed by atoms with Crippen molar-refractivity contribution in [2.75, 3.05) is 18.1 Å². The van der Waals surface area contributed by atoms with Gasteiger partial charge in [-0.15, -0.1) is 0 Å². The Bertz CT molecular complexity index is 930. The minimum absolute atomic E-state index is 0.112. The number of ether oxygens (including phenoxy) is 1. The maximum atomic E-state index is 14.0. The van der Waals surface area contributed by atoms with Crippen LogP contribution in [0.1, 0.15) is 28.4 Å². The first-order chi connectivity index (χ1) is 12.1. The van der Waals surface area contributed by atoms with Crippen molar-refractivity contribution < 1.29 is 13.9 Å². The second-order valence-corrected chi connectivity index (χ2v) is 5.60. The average Bonchev–Trinajstić information content (AvgIpc) is 3.02. The van der Waals surface area contributed by atoms with Crippen LogP contribution in [-0.4, -0.2) is 23.7 Å². The van der Waals surface area contributed by atoms with E-state index < -0.39 is 11.5 Å². The summed E-state index contributed by atoms with van der Waals surface area (Å²) in [5.41, 5.74) is 0.0375. The van der Waals surface area contributed by atoms with E-state index in [1.165, 1.54) is 16.7 Å². The first-order valence-corrected chi connectivity index (χ1v) is 7.90. The molecule has 0 amide bonds. The van der Waals surface area contributed by atoms with E-state index in [0.29, 0.717) is 24.5 Å². The van der Waals surface area contributed by atoms with E-state index in [1.807, 2.05) is 6.07 Å². The van der Waals surface area contributed by atoms with E-state index in [2.05, 4.69) is 0 Å². The summed E-state index contributed by atoms with van der Waals surface area (Å²) in [6.45, 7) is 2.82. The first kappa shape index (κ1) is 16.7. The number of aromatic nitrogens is 1. The van der Waals surface area contributed by atoms with Gasteiger partial charge in [-0.2, -0.15) is 5.26 Å². The summed E-state index contributed by atoms with van der Waals surface area (Å²) in [7, 11) is 0. The van der Waals surface area contributed by atoms with Crippen LogP contribution in [0.4, 0.5) is 10.2 Å². The minimum atomic E-state index is -0.608. The molecule has 2 heterocycles. The zero-order valence-electron chi connectivity index (χ0n) is 13.7. The molecular formula is C18H16FN3O3. The third kappa shape index (κ3) is 2.98. The summed E-state index contributed by atoms with van der Waals surface area (Å²) in [6.07, 6.45) is 0. The summed E-state index contributed by atoms with van der Waals surface area (Å²) in [6, 6.07) is 9.42. The summed E-state index contributed by atoms with van der Waals surface area (Å²) in [4.78, 5) is 26.4. The Labute approximate surface area is 143 Å². The van der Waals surface area contributed by atoms with Gasteiger partial charge in [0.05, 0.1) is 6.61 Å². The van der Waals surface area contributed by atoms with Crippen LogP contribution in [0.5, 0.6) is 0 Å². The summed E-state index contributed by atoms with van der Waals surface area (Å²) < 4.78 is 20.4. The largest absolute Gasteiger partial charge is 0.462 e. The van der Waals surface area contributed by atoms with E-state index in [4.69, 9.17) is 10.00 Å². The molecule has 0 radical (unpaired) electrons. The van der Waals surface area contributed by atoms with Crippen molar-refractivity contribution in [3.63, 3.8) is 0 Å². The number of pyridine rings is 1. The summed E-state index contributed by atoms with van der Waals surface area (Å²) in [5.74, 6) is -0.594. The van der Waals surface area contributed by atoms with Crippen LogP contribution in [-0.2, 0) is 17.8 Å². The quantitative estimate of drug-likeness (QED) is 0.796. The van der Waals surface area contributed by atoms with Crippen molar-refractivity contribution in [3.05, 3.63) is 63.2 Å². The molecule has 2 aromatic rings. The van der Waals surface area contributed by atoms with Crippen molar-refractivity contribution in [2.24, 2.45) is 0 Å². The van der Waals surface area contributed by atoms with Crippen molar-refractivity contribution in [1.29, 1.82) is 5.26 Å². The molecule has 128 valence electrons. The number of carbonyl (C=O) groups excluding carboxylic acids is 1. The van der Waals surface area contributed by atoms with Gasteiger partial charge in [-0.05, 0) is 19.1 Å².